The van der Waals surface area contributed by atoms with Crippen LogP contribution in [0.3, 0.4) is 0 Å². The summed E-state index contributed by atoms with van der Waals surface area (Å²) in [5, 5.41) is 16.6. The van der Waals surface area contributed by atoms with Crippen molar-refractivity contribution < 1.29 is 9.90 Å². The third-order valence-electron chi connectivity index (χ3n) is 5.35. The van der Waals surface area contributed by atoms with E-state index in [-0.39, 0.29) is 12.5 Å². The van der Waals surface area contributed by atoms with Crippen molar-refractivity contribution in [1.82, 2.24) is 14.9 Å². The highest BCUT2D eigenvalue weighted by Crippen LogP contribution is 2.32. The van der Waals surface area contributed by atoms with Crippen molar-refractivity contribution in [2.24, 2.45) is 17.8 Å². The number of carbonyl (C=O) groups excluding carboxylic acids is 1. The lowest BCUT2D eigenvalue weighted by Gasteiger charge is -2.28. The number of rotatable bonds is 6. The molecule has 3 unspecified atom stereocenters. The molecule has 0 aliphatic heterocycles. The predicted octanol–water partition coefficient (Wildman–Crippen LogP) is 3.41. The number of aromatic nitrogens is 2. The second-order valence-corrected chi connectivity index (χ2v) is 7.73. The fourth-order valence-corrected chi connectivity index (χ4v) is 4.12. The summed E-state index contributed by atoms with van der Waals surface area (Å²) < 4.78 is 1.65. The Hall–Kier alpha value is -1.88. The second-order valence-electron chi connectivity index (χ2n) is 7.73. The van der Waals surface area contributed by atoms with Crippen LogP contribution >= 0.6 is 0 Å². The lowest BCUT2D eigenvalue weighted by molar-refractivity contribution is 0.0946. The molecule has 0 radical (unpaired) electrons. The maximum Gasteiger partial charge on any atom is 0.253 e. The molecule has 1 fully saturated rings. The lowest BCUT2D eigenvalue weighted by Crippen LogP contribution is -2.30. The van der Waals surface area contributed by atoms with E-state index >= 15 is 0 Å². The van der Waals surface area contributed by atoms with Crippen molar-refractivity contribution in [1.29, 1.82) is 0 Å². The standard InChI is InChI=1S/C20H29N3O2/c1-14-5-3-6-16(9-14)10-15(2)12-21-20(25)18-7-4-8-23-19(18)11-17(13-24)22-23/h4,7-8,11,14-16,24H,3,5-6,9-10,12-13H2,1-2H3,(H,21,25). The van der Waals surface area contributed by atoms with Crippen LogP contribution in [-0.2, 0) is 6.61 Å². The van der Waals surface area contributed by atoms with E-state index in [2.05, 4.69) is 24.3 Å². The summed E-state index contributed by atoms with van der Waals surface area (Å²) in [6, 6.07) is 5.38. The molecule has 0 bridgehead atoms. The SMILES string of the molecule is CC1CCCC(CC(C)CNC(=O)c2cccn3nc(CO)cc23)C1. The van der Waals surface area contributed by atoms with Crippen LogP contribution in [0.1, 0.15) is 62.0 Å². The summed E-state index contributed by atoms with van der Waals surface area (Å²) in [6.07, 6.45) is 8.36. The fraction of sp³-hybridized carbons (Fsp3) is 0.600. The topological polar surface area (TPSA) is 66.6 Å². The van der Waals surface area contributed by atoms with E-state index in [0.717, 1.165) is 17.4 Å². The Morgan fingerprint density at radius 2 is 2.32 bits per heavy atom. The summed E-state index contributed by atoms with van der Waals surface area (Å²) in [4.78, 5) is 12.6. The number of nitrogens with one attached hydrogen (secondary N) is 1. The van der Waals surface area contributed by atoms with Gasteiger partial charge in [0.15, 0.2) is 0 Å². The third kappa shape index (κ3) is 4.40. The highest BCUT2D eigenvalue weighted by Gasteiger charge is 2.21. The average Bonchev–Trinajstić information content (AvgIpc) is 3.03. The van der Waals surface area contributed by atoms with Gasteiger partial charge in [0.1, 0.15) is 0 Å². The van der Waals surface area contributed by atoms with Gasteiger partial charge in [0.25, 0.3) is 5.91 Å². The van der Waals surface area contributed by atoms with Gasteiger partial charge in [-0.05, 0) is 48.8 Å². The van der Waals surface area contributed by atoms with E-state index < -0.39 is 0 Å². The van der Waals surface area contributed by atoms with Crippen LogP contribution in [0.4, 0.5) is 0 Å². The molecule has 25 heavy (non-hydrogen) atoms. The maximum atomic E-state index is 12.6. The minimum absolute atomic E-state index is 0.0705. The van der Waals surface area contributed by atoms with Gasteiger partial charge in [0.05, 0.1) is 23.4 Å². The van der Waals surface area contributed by atoms with Gasteiger partial charge in [0.2, 0.25) is 0 Å². The molecule has 1 aliphatic rings. The molecule has 1 saturated carbocycles. The zero-order valence-electron chi connectivity index (χ0n) is 15.2. The number of hydrogen-bond acceptors (Lipinski definition) is 3. The van der Waals surface area contributed by atoms with Crippen LogP contribution in [0.5, 0.6) is 0 Å². The number of nitrogens with zero attached hydrogens (tertiary/aromatic N) is 2. The molecule has 1 amide bonds. The Labute approximate surface area is 149 Å². The minimum atomic E-state index is -0.125. The van der Waals surface area contributed by atoms with Crippen LogP contribution in [0.2, 0.25) is 0 Å². The Balaban J connectivity index is 1.58. The van der Waals surface area contributed by atoms with E-state index in [1.807, 2.05) is 6.07 Å². The number of carbonyl (C=O) groups is 1. The monoisotopic (exact) mass is 343 g/mol. The molecular formula is C20H29N3O2. The first-order valence-electron chi connectivity index (χ1n) is 9.43. The van der Waals surface area contributed by atoms with Gasteiger partial charge >= 0.3 is 0 Å². The highest BCUT2D eigenvalue weighted by atomic mass is 16.3. The quantitative estimate of drug-likeness (QED) is 0.845. The molecule has 5 heteroatoms. The predicted molar refractivity (Wildman–Crippen MR) is 98.4 cm³/mol. The molecule has 2 heterocycles. The molecule has 136 valence electrons. The molecule has 2 aromatic heterocycles. The molecular weight excluding hydrogens is 314 g/mol. The van der Waals surface area contributed by atoms with Crippen LogP contribution in [-0.4, -0.2) is 27.2 Å². The van der Waals surface area contributed by atoms with Crippen LogP contribution in [0.25, 0.3) is 5.52 Å². The van der Waals surface area contributed by atoms with Crippen molar-refractivity contribution in [2.45, 2.75) is 52.6 Å². The first-order valence-corrected chi connectivity index (χ1v) is 9.43. The zero-order chi connectivity index (χ0) is 17.8. The maximum absolute atomic E-state index is 12.6. The van der Waals surface area contributed by atoms with Crippen molar-refractivity contribution in [3.8, 4) is 0 Å². The van der Waals surface area contributed by atoms with Gasteiger partial charge in [-0.15, -0.1) is 0 Å². The Bertz CT molecular complexity index is 725. The molecule has 5 nitrogen and oxygen atoms in total. The summed E-state index contributed by atoms with van der Waals surface area (Å²) in [5.41, 5.74) is 1.91. The van der Waals surface area contributed by atoms with Crippen LogP contribution < -0.4 is 5.32 Å². The van der Waals surface area contributed by atoms with E-state index in [0.29, 0.717) is 23.7 Å². The second kappa shape index (κ2) is 8.00. The molecule has 0 aromatic carbocycles. The third-order valence-corrected chi connectivity index (χ3v) is 5.35. The number of pyridine rings is 1. The minimum Gasteiger partial charge on any atom is -0.390 e. The molecule has 3 rings (SSSR count). The van der Waals surface area contributed by atoms with Crippen LogP contribution in [0.15, 0.2) is 24.4 Å². The Kier molecular flexibility index (Phi) is 5.74. The highest BCUT2D eigenvalue weighted by molar-refractivity contribution is 6.00. The number of amides is 1. The van der Waals surface area contributed by atoms with E-state index in [1.165, 1.54) is 32.1 Å². The normalized spacial score (nSPS) is 22.0. The van der Waals surface area contributed by atoms with Gasteiger partial charge in [0, 0.05) is 12.7 Å². The summed E-state index contributed by atoms with van der Waals surface area (Å²) in [6.45, 7) is 5.15. The van der Waals surface area contributed by atoms with Crippen molar-refractivity contribution in [3.05, 3.63) is 35.7 Å². The lowest BCUT2D eigenvalue weighted by atomic mass is 9.78. The smallest absolute Gasteiger partial charge is 0.253 e. The molecule has 0 saturated heterocycles. The fourth-order valence-electron chi connectivity index (χ4n) is 4.12. The van der Waals surface area contributed by atoms with Gasteiger partial charge in [-0.1, -0.05) is 33.1 Å². The number of hydrogen-bond donors (Lipinski definition) is 2. The van der Waals surface area contributed by atoms with Crippen molar-refractivity contribution in [2.75, 3.05) is 6.54 Å². The molecule has 3 atom stereocenters. The largest absolute Gasteiger partial charge is 0.390 e. The molecule has 1 aliphatic carbocycles. The Morgan fingerprint density at radius 1 is 1.48 bits per heavy atom. The first kappa shape index (κ1) is 17.9. The van der Waals surface area contributed by atoms with Gasteiger partial charge in [-0.2, -0.15) is 5.10 Å². The molecule has 0 spiro atoms. The van der Waals surface area contributed by atoms with Gasteiger partial charge in [-0.3, -0.25) is 4.79 Å². The van der Waals surface area contributed by atoms with Crippen molar-refractivity contribution in [3.63, 3.8) is 0 Å². The van der Waals surface area contributed by atoms with Crippen LogP contribution in [0, 0.1) is 17.8 Å². The van der Waals surface area contributed by atoms with E-state index in [4.69, 9.17) is 0 Å². The average molecular weight is 343 g/mol. The summed E-state index contributed by atoms with van der Waals surface area (Å²) >= 11 is 0. The van der Waals surface area contributed by atoms with Gasteiger partial charge in [-0.25, -0.2) is 4.52 Å². The zero-order valence-corrected chi connectivity index (χ0v) is 15.2. The van der Waals surface area contributed by atoms with E-state index in [1.54, 1.807) is 22.8 Å². The van der Waals surface area contributed by atoms with E-state index in [9.17, 15) is 9.90 Å². The summed E-state index contributed by atoms with van der Waals surface area (Å²) in [5.74, 6) is 2.07. The van der Waals surface area contributed by atoms with Crippen molar-refractivity contribution >= 4 is 11.4 Å². The van der Waals surface area contributed by atoms with Gasteiger partial charge < -0.3 is 10.4 Å². The first-order chi connectivity index (χ1) is 12.1. The number of aliphatic hydroxyl groups is 1. The Morgan fingerprint density at radius 3 is 3.08 bits per heavy atom. The number of fused-ring (bicyclic) bond motifs is 1. The summed E-state index contributed by atoms with van der Waals surface area (Å²) in [7, 11) is 0. The molecule has 2 aromatic rings. The number of aliphatic hydroxyl groups excluding tert-OH is 1. The molecule has 2 N–H and O–H groups in total.